The summed E-state index contributed by atoms with van der Waals surface area (Å²) < 4.78 is 0. The first-order valence-electron chi connectivity index (χ1n) is 5.03. The lowest BCUT2D eigenvalue weighted by atomic mass is 9.91. The maximum absolute atomic E-state index is 9.84. The lowest BCUT2D eigenvalue weighted by molar-refractivity contribution is 0.00807. The second-order valence-electron chi connectivity index (χ2n) is 4.13. The maximum atomic E-state index is 9.84. The highest BCUT2D eigenvalue weighted by Gasteiger charge is 2.39. The minimum absolute atomic E-state index is 0.480. The Labute approximate surface area is 84.4 Å². The maximum Gasteiger partial charge on any atom is 0.128 e. The fourth-order valence-electron chi connectivity index (χ4n) is 1.70. The summed E-state index contributed by atoms with van der Waals surface area (Å²) in [4.78, 5) is 6.42. The SMILES string of the molecule is CCC1(O)CN(c2ccc(C)cn2)C1. The van der Waals surface area contributed by atoms with Crippen LogP contribution in [0.4, 0.5) is 5.82 Å². The van der Waals surface area contributed by atoms with Gasteiger partial charge in [-0.05, 0) is 25.0 Å². The van der Waals surface area contributed by atoms with Crippen LogP contribution in [0, 0.1) is 6.92 Å². The van der Waals surface area contributed by atoms with Gasteiger partial charge in [0.15, 0.2) is 0 Å². The molecular weight excluding hydrogens is 176 g/mol. The Morgan fingerprint density at radius 1 is 1.50 bits per heavy atom. The Bertz CT molecular complexity index is 315. The highest BCUT2D eigenvalue weighted by molar-refractivity contribution is 5.44. The van der Waals surface area contributed by atoms with E-state index in [0.717, 1.165) is 12.2 Å². The van der Waals surface area contributed by atoms with E-state index < -0.39 is 5.60 Å². The van der Waals surface area contributed by atoms with Crippen LogP contribution in [0.1, 0.15) is 18.9 Å². The molecular formula is C11H16N2O. The smallest absolute Gasteiger partial charge is 0.128 e. The van der Waals surface area contributed by atoms with Crippen LogP contribution in [0.2, 0.25) is 0 Å². The van der Waals surface area contributed by atoms with Crippen molar-refractivity contribution in [3.8, 4) is 0 Å². The number of hydrogen-bond acceptors (Lipinski definition) is 3. The average Bonchev–Trinajstić information content (AvgIpc) is 2.15. The van der Waals surface area contributed by atoms with Gasteiger partial charge in [-0.15, -0.1) is 0 Å². The molecule has 3 nitrogen and oxygen atoms in total. The molecule has 1 aromatic rings. The van der Waals surface area contributed by atoms with Crippen LogP contribution < -0.4 is 4.90 Å². The zero-order valence-corrected chi connectivity index (χ0v) is 8.70. The molecule has 0 bridgehead atoms. The van der Waals surface area contributed by atoms with Gasteiger partial charge in [0.1, 0.15) is 5.82 Å². The highest BCUT2D eigenvalue weighted by atomic mass is 16.3. The number of rotatable bonds is 2. The van der Waals surface area contributed by atoms with E-state index in [4.69, 9.17) is 0 Å². The van der Waals surface area contributed by atoms with Crippen LogP contribution >= 0.6 is 0 Å². The Kier molecular flexibility index (Phi) is 2.19. The molecule has 1 N–H and O–H groups in total. The first kappa shape index (κ1) is 9.46. The molecule has 1 aromatic heterocycles. The summed E-state index contributed by atoms with van der Waals surface area (Å²) in [7, 11) is 0. The Balaban J connectivity index is 2.03. The van der Waals surface area contributed by atoms with Crippen molar-refractivity contribution in [1.82, 2.24) is 4.98 Å². The summed E-state index contributed by atoms with van der Waals surface area (Å²) >= 11 is 0. The van der Waals surface area contributed by atoms with Gasteiger partial charge in [0.05, 0.1) is 5.60 Å². The number of aliphatic hydroxyl groups is 1. The Morgan fingerprint density at radius 3 is 2.71 bits per heavy atom. The fourth-order valence-corrected chi connectivity index (χ4v) is 1.70. The van der Waals surface area contributed by atoms with E-state index in [2.05, 4.69) is 9.88 Å². The summed E-state index contributed by atoms with van der Waals surface area (Å²) in [5, 5.41) is 9.84. The van der Waals surface area contributed by atoms with Gasteiger partial charge in [-0.3, -0.25) is 0 Å². The normalized spacial score (nSPS) is 19.2. The van der Waals surface area contributed by atoms with Crippen molar-refractivity contribution in [2.75, 3.05) is 18.0 Å². The summed E-state index contributed by atoms with van der Waals surface area (Å²) in [6, 6.07) is 4.05. The number of β-amino-alcohol motifs (C(OH)–C–C–N with tert-alkyl or cyclic N) is 1. The monoisotopic (exact) mass is 192 g/mol. The number of aromatic nitrogens is 1. The first-order chi connectivity index (χ1) is 6.63. The quantitative estimate of drug-likeness (QED) is 0.768. The first-order valence-corrected chi connectivity index (χ1v) is 5.03. The van der Waals surface area contributed by atoms with Crippen LogP contribution in [-0.4, -0.2) is 28.8 Å². The van der Waals surface area contributed by atoms with Crippen molar-refractivity contribution in [3.05, 3.63) is 23.9 Å². The van der Waals surface area contributed by atoms with Gasteiger partial charge >= 0.3 is 0 Å². The van der Waals surface area contributed by atoms with Gasteiger partial charge in [0.25, 0.3) is 0 Å². The molecule has 1 aliphatic heterocycles. The van der Waals surface area contributed by atoms with Gasteiger partial charge in [0, 0.05) is 19.3 Å². The zero-order valence-electron chi connectivity index (χ0n) is 8.70. The van der Waals surface area contributed by atoms with Crippen molar-refractivity contribution >= 4 is 5.82 Å². The topological polar surface area (TPSA) is 36.4 Å². The van der Waals surface area contributed by atoms with E-state index >= 15 is 0 Å². The minimum atomic E-state index is -0.480. The van der Waals surface area contributed by atoms with E-state index in [1.165, 1.54) is 5.56 Å². The molecule has 0 amide bonds. The molecule has 1 saturated heterocycles. The van der Waals surface area contributed by atoms with Gasteiger partial charge in [0.2, 0.25) is 0 Å². The molecule has 0 saturated carbocycles. The molecule has 76 valence electrons. The van der Waals surface area contributed by atoms with Crippen molar-refractivity contribution in [1.29, 1.82) is 0 Å². The van der Waals surface area contributed by atoms with Crippen molar-refractivity contribution in [2.45, 2.75) is 25.9 Å². The van der Waals surface area contributed by atoms with Gasteiger partial charge < -0.3 is 10.0 Å². The molecule has 0 spiro atoms. The number of anilines is 1. The molecule has 1 aliphatic rings. The van der Waals surface area contributed by atoms with E-state index in [9.17, 15) is 5.11 Å². The van der Waals surface area contributed by atoms with Crippen LogP contribution in [0.5, 0.6) is 0 Å². The number of pyridine rings is 1. The molecule has 1 fully saturated rings. The predicted octanol–water partition coefficient (Wildman–Crippen LogP) is 1.35. The zero-order chi connectivity index (χ0) is 10.2. The molecule has 2 heterocycles. The van der Waals surface area contributed by atoms with Gasteiger partial charge in [-0.1, -0.05) is 13.0 Å². The third kappa shape index (κ3) is 1.60. The molecule has 0 radical (unpaired) electrons. The largest absolute Gasteiger partial charge is 0.386 e. The van der Waals surface area contributed by atoms with E-state index in [-0.39, 0.29) is 0 Å². The van der Waals surface area contributed by atoms with Crippen molar-refractivity contribution in [2.24, 2.45) is 0 Å². The van der Waals surface area contributed by atoms with Gasteiger partial charge in [-0.25, -0.2) is 4.98 Å². The van der Waals surface area contributed by atoms with Crippen LogP contribution in [-0.2, 0) is 0 Å². The van der Waals surface area contributed by atoms with Gasteiger partial charge in [-0.2, -0.15) is 0 Å². The van der Waals surface area contributed by atoms with E-state index in [1.54, 1.807) is 0 Å². The third-order valence-electron chi connectivity index (χ3n) is 2.85. The average molecular weight is 192 g/mol. The summed E-state index contributed by atoms with van der Waals surface area (Å²) in [6.45, 7) is 5.45. The number of aryl methyl sites for hydroxylation is 1. The molecule has 0 atom stereocenters. The number of hydrogen-bond donors (Lipinski definition) is 1. The fraction of sp³-hybridized carbons (Fsp3) is 0.545. The Morgan fingerprint density at radius 2 is 2.21 bits per heavy atom. The summed E-state index contributed by atoms with van der Waals surface area (Å²) in [5.74, 6) is 0.966. The van der Waals surface area contributed by atoms with E-state index in [1.807, 2.05) is 32.2 Å². The highest BCUT2D eigenvalue weighted by Crippen LogP contribution is 2.28. The van der Waals surface area contributed by atoms with Crippen LogP contribution in [0.3, 0.4) is 0 Å². The van der Waals surface area contributed by atoms with Crippen molar-refractivity contribution in [3.63, 3.8) is 0 Å². The number of nitrogens with zero attached hydrogens (tertiary/aromatic N) is 2. The Hall–Kier alpha value is -1.09. The second-order valence-corrected chi connectivity index (χ2v) is 4.13. The lowest BCUT2D eigenvalue weighted by Gasteiger charge is -2.46. The molecule has 2 rings (SSSR count). The molecule has 14 heavy (non-hydrogen) atoms. The standard InChI is InChI=1S/C11H16N2O/c1-3-11(14)7-13(8-11)10-5-4-9(2)6-12-10/h4-6,14H,3,7-8H2,1-2H3. The summed E-state index contributed by atoms with van der Waals surface area (Å²) in [6.07, 6.45) is 2.67. The van der Waals surface area contributed by atoms with Crippen molar-refractivity contribution < 1.29 is 5.11 Å². The van der Waals surface area contributed by atoms with E-state index in [0.29, 0.717) is 13.1 Å². The predicted molar refractivity (Wildman–Crippen MR) is 56.4 cm³/mol. The third-order valence-corrected chi connectivity index (χ3v) is 2.85. The second kappa shape index (κ2) is 3.24. The molecule has 3 heteroatoms. The van der Waals surface area contributed by atoms with Crippen LogP contribution in [0.25, 0.3) is 0 Å². The minimum Gasteiger partial charge on any atom is -0.386 e. The summed E-state index contributed by atoms with van der Waals surface area (Å²) in [5.41, 5.74) is 0.687. The molecule has 0 aromatic carbocycles. The molecule has 0 unspecified atom stereocenters. The van der Waals surface area contributed by atoms with Crippen LogP contribution in [0.15, 0.2) is 18.3 Å². The lowest BCUT2D eigenvalue weighted by Crippen LogP contribution is -2.61. The molecule has 0 aliphatic carbocycles.